The van der Waals surface area contributed by atoms with Gasteiger partial charge in [-0.05, 0) is 35.7 Å². The Morgan fingerprint density at radius 3 is 2.57 bits per heavy atom. The number of anilines is 1. The summed E-state index contributed by atoms with van der Waals surface area (Å²) in [5.74, 6) is -0.935. The third-order valence-electron chi connectivity index (χ3n) is 3.57. The molecular weight excluding hydrogens is 288 g/mol. The average molecular weight is 301 g/mol. The highest BCUT2D eigenvalue weighted by Crippen LogP contribution is 2.31. The van der Waals surface area contributed by atoms with Crippen LogP contribution >= 0.6 is 11.6 Å². The van der Waals surface area contributed by atoms with Gasteiger partial charge < -0.3 is 4.90 Å². The van der Waals surface area contributed by atoms with Crippen molar-refractivity contribution < 1.29 is 9.59 Å². The fourth-order valence-corrected chi connectivity index (χ4v) is 2.52. The molecule has 3 rings (SSSR count). The molecule has 0 N–H and O–H groups in total. The van der Waals surface area contributed by atoms with Gasteiger partial charge in [0.25, 0.3) is 11.7 Å². The van der Waals surface area contributed by atoms with E-state index in [9.17, 15) is 9.59 Å². The fourth-order valence-electron chi connectivity index (χ4n) is 2.41. The predicted octanol–water partition coefficient (Wildman–Crippen LogP) is 3.03. The number of fused-ring (bicyclic) bond motifs is 1. The minimum absolute atomic E-state index is 0.313. The van der Waals surface area contributed by atoms with Crippen molar-refractivity contribution in [1.82, 2.24) is 4.98 Å². The Labute approximate surface area is 127 Å². The molecule has 0 saturated heterocycles. The average Bonchev–Trinajstić information content (AvgIpc) is 2.74. The molecule has 4 nitrogen and oxygen atoms in total. The van der Waals surface area contributed by atoms with Crippen molar-refractivity contribution in [1.29, 1.82) is 0 Å². The minimum Gasteiger partial charge on any atom is -0.300 e. The fraction of sp³-hybridized carbons (Fsp3) is 0.188. The van der Waals surface area contributed by atoms with Gasteiger partial charge >= 0.3 is 0 Å². The smallest absolute Gasteiger partial charge is 0.299 e. The molecule has 1 amide bonds. The number of benzene rings is 1. The van der Waals surface area contributed by atoms with Crippen molar-refractivity contribution >= 4 is 29.0 Å². The summed E-state index contributed by atoms with van der Waals surface area (Å²) in [5, 5.41) is 0.399. The monoisotopic (exact) mass is 300 g/mol. The Morgan fingerprint density at radius 2 is 1.90 bits per heavy atom. The first kappa shape index (κ1) is 13.8. The molecular formula is C16H13ClN2O2. The Kier molecular flexibility index (Phi) is 3.47. The number of rotatable bonds is 3. The number of Topliss-reactive ketones (excluding diaryl/α,β-unsaturated/α-hetero) is 1. The molecule has 0 spiro atoms. The molecule has 5 heteroatoms. The van der Waals surface area contributed by atoms with Gasteiger partial charge in [0.15, 0.2) is 0 Å². The first-order valence-electron chi connectivity index (χ1n) is 6.69. The zero-order valence-corrected chi connectivity index (χ0v) is 12.2. The standard InChI is InChI=1S/C16H13ClN2O2/c1-2-10-3-5-13-12(7-10)15(20)16(21)19(13)9-11-4-6-14(17)18-8-11/h3-8H,2,9H2,1H3. The Morgan fingerprint density at radius 1 is 1.14 bits per heavy atom. The van der Waals surface area contributed by atoms with Gasteiger partial charge in [-0.15, -0.1) is 0 Å². The van der Waals surface area contributed by atoms with E-state index in [0.29, 0.717) is 22.9 Å². The number of pyridine rings is 1. The quantitative estimate of drug-likeness (QED) is 0.647. The molecule has 0 atom stereocenters. The highest BCUT2D eigenvalue weighted by Gasteiger charge is 2.35. The molecule has 1 aromatic carbocycles. The first-order valence-corrected chi connectivity index (χ1v) is 7.07. The van der Waals surface area contributed by atoms with E-state index in [1.807, 2.05) is 19.1 Å². The van der Waals surface area contributed by atoms with Crippen LogP contribution in [0.15, 0.2) is 36.5 Å². The number of carbonyl (C=O) groups is 2. The number of ketones is 1. The van der Waals surface area contributed by atoms with Gasteiger partial charge in [-0.2, -0.15) is 0 Å². The summed E-state index contributed by atoms with van der Waals surface area (Å²) in [6, 6.07) is 9.04. The van der Waals surface area contributed by atoms with Crippen LogP contribution in [0.4, 0.5) is 5.69 Å². The van der Waals surface area contributed by atoms with E-state index in [0.717, 1.165) is 17.5 Å². The lowest BCUT2D eigenvalue weighted by Gasteiger charge is -2.16. The Balaban J connectivity index is 1.96. The van der Waals surface area contributed by atoms with Crippen LogP contribution in [0.3, 0.4) is 0 Å². The van der Waals surface area contributed by atoms with Crippen molar-refractivity contribution in [2.75, 3.05) is 4.90 Å². The van der Waals surface area contributed by atoms with E-state index in [-0.39, 0.29) is 0 Å². The number of nitrogens with zero attached hydrogens (tertiary/aromatic N) is 2. The number of amides is 1. The van der Waals surface area contributed by atoms with Gasteiger partial charge in [-0.1, -0.05) is 30.7 Å². The lowest BCUT2D eigenvalue weighted by atomic mass is 10.1. The van der Waals surface area contributed by atoms with Crippen molar-refractivity contribution in [2.45, 2.75) is 19.9 Å². The van der Waals surface area contributed by atoms with Crippen molar-refractivity contribution in [3.05, 3.63) is 58.4 Å². The maximum absolute atomic E-state index is 12.2. The molecule has 2 heterocycles. The van der Waals surface area contributed by atoms with E-state index in [1.165, 1.54) is 4.90 Å². The summed E-state index contributed by atoms with van der Waals surface area (Å²) < 4.78 is 0. The second kappa shape index (κ2) is 5.30. The number of carbonyl (C=O) groups excluding carboxylic acids is 2. The van der Waals surface area contributed by atoms with Gasteiger partial charge in [0.1, 0.15) is 5.15 Å². The van der Waals surface area contributed by atoms with Crippen LogP contribution in [0.5, 0.6) is 0 Å². The predicted molar refractivity (Wildman–Crippen MR) is 80.6 cm³/mol. The van der Waals surface area contributed by atoms with Crippen molar-refractivity contribution in [3.8, 4) is 0 Å². The van der Waals surface area contributed by atoms with E-state index >= 15 is 0 Å². The zero-order valence-electron chi connectivity index (χ0n) is 11.5. The number of halogens is 1. The molecule has 0 unspecified atom stereocenters. The molecule has 21 heavy (non-hydrogen) atoms. The summed E-state index contributed by atoms with van der Waals surface area (Å²) in [6.07, 6.45) is 2.44. The maximum atomic E-state index is 12.2. The van der Waals surface area contributed by atoms with Crippen LogP contribution < -0.4 is 4.90 Å². The van der Waals surface area contributed by atoms with Crippen LogP contribution in [-0.4, -0.2) is 16.7 Å². The first-order chi connectivity index (χ1) is 10.1. The van der Waals surface area contributed by atoms with Gasteiger partial charge in [-0.25, -0.2) is 4.98 Å². The van der Waals surface area contributed by atoms with Crippen molar-refractivity contribution in [3.63, 3.8) is 0 Å². The lowest BCUT2D eigenvalue weighted by molar-refractivity contribution is -0.114. The van der Waals surface area contributed by atoms with E-state index in [1.54, 1.807) is 24.4 Å². The molecule has 0 aliphatic carbocycles. The van der Waals surface area contributed by atoms with Gasteiger partial charge in [0.05, 0.1) is 17.8 Å². The molecule has 0 fully saturated rings. The summed E-state index contributed by atoms with van der Waals surface area (Å²) >= 11 is 5.75. The molecule has 1 aromatic heterocycles. The molecule has 0 saturated carbocycles. The van der Waals surface area contributed by atoms with Crippen LogP contribution in [0.1, 0.15) is 28.4 Å². The maximum Gasteiger partial charge on any atom is 0.299 e. The Bertz CT molecular complexity index is 726. The lowest BCUT2D eigenvalue weighted by Crippen LogP contribution is -2.29. The third-order valence-corrected chi connectivity index (χ3v) is 3.80. The van der Waals surface area contributed by atoms with E-state index in [4.69, 9.17) is 11.6 Å². The summed E-state index contributed by atoms with van der Waals surface area (Å²) in [7, 11) is 0. The molecule has 1 aliphatic heterocycles. The number of aryl methyl sites for hydroxylation is 1. The number of aromatic nitrogens is 1. The number of hydrogen-bond donors (Lipinski definition) is 0. The molecule has 0 bridgehead atoms. The molecule has 1 aliphatic rings. The second-order valence-electron chi connectivity index (χ2n) is 4.91. The van der Waals surface area contributed by atoms with Crippen LogP contribution in [-0.2, 0) is 17.8 Å². The van der Waals surface area contributed by atoms with Crippen LogP contribution in [0.25, 0.3) is 0 Å². The summed E-state index contributed by atoms with van der Waals surface area (Å²) in [5.41, 5.74) is 3.02. The van der Waals surface area contributed by atoms with Crippen LogP contribution in [0, 0.1) is 0 Å². The van der Waals surface area contributed by atoms with Gasteiger partial charge in [0.2, 0.25) is 0 Å². The molecule has 0 radical (unpaired) electrons. The largest absolute Gasteiger partial charge is 0.300 e. The normalized spacial score (nSPS) is 13.7. The Hall–Kier alpha value is -2.20. The minimum atomic E-state index is -0.492. The summed E-state index contributed by atoms with van der Waals surface area (Å²) in [4.78, 5) is 29.7. The van der Waals surface area contributed by atoms with E-state index < -0.39 is 11.7 Å². The highest BCUT2D eigenvalue weighted by molar-refractivity contribution is 6.52. The van der Waals surface area contributed by atoms with Gasteiger partial charge in [-0.3, -0.25) is 9.59 Å². The van der Waals surface area contributed by atoms with E-state index in [2.05, 4.69) is 4.98 Å². The molecule has 2 aromatic rings. The second-order valence-corrected chi connectivity index (χ2v) is 5.30. The van der Waals surface area contributed by atoms with Gasteiger partial charge in [0, 0.05) is 6.20 Å². The SMILES string of the molecule is CCc1ccc2c(c1)C(=O)C(=O)N2Cc1ccc(Cl)nc1. The summed E-state index contributed by atoms with van der Waals surface area (Å²) in [6.45, 7) is 2.33. The van der Waals surface area contributed by atoms with Crippen molar-refractivity contribution in [2.24, 2.45) is 0 Å². The topological polar surface area (TPSA) is 50.3 Å². The highest BCUT2D eigenvalue weighted by atomic mass is 35.5. The molecule has 106 valence electrons. The third kappa shape index (κ3) is 2.43. The number of hydrogen-bond acceptors (Lipinski definition) is 3. The van der Waals surface area contributed by atoms with Crippen LogP contribution in [0.2, 0.25) is 5.15 Å². The zero-order chi connectivity index (χ0) is 15.0.